The van der Waals surface area contributed by atoms with Crippen LogP contribution >= 0.6 is 11.3 Å². The third-order valence-corrected chi connectivity index (χ3v) is 2.98. The molecule has 0 saturated carbocycles. The van der Waals surface area contributed by atoms with Crippen molar-refractivity contribution in [3.8, 4) is 0 Å². The second kappa shape index (κ2) is 6.11. The van der Waals surface area contributed by atoms with Gasteiger partial charge in [0.2, 0.25) is 0 Å². The number of alkyl halides is 1. The van der Waals surface area contributed by atoms with E-state index in [2.05, 4.69) is 29.8 Å². The van der Waals surface area contributed by atoms with Crippen molar-refractivity contribution in [2.45, 2.75) is 25.8 Å². The van der Waals surface area contributed by atoms with E-state index in [1.165, 1.54) is 4.88 Å². The predicted octanol–water partition coefficient (Wildman–Crippen LogP) is 3.15. The number of rotatable bonds is 6. The number of hydrogen-bond acceptors (Lipinski definition) is 2. The maximum atomic E-state index is 11.9. The first-order valence-electron chi connectivity index (χ1n) is 4.71. The molecule has 0 aliphatic heterocycles. The van der Waals surface area contributed by atoms with E-state index in [9.17, 15) is 4.39 Å². The summed E-state index contributed by atoms with van der Waals surface area (Å²) in [5.74, 6) is 0. The maximum absolute atomic E-state index is 11.9. The van der Waals surface area contributed by atoms with Crippen LogP contribution in [0.3, 0.4) is 0 Å². The summed E-state index contributed by atoms with van der Waals surface area (Å²) in [6.07, 6.45) is 1.68. The summed E-state index contributed by atoms with van der Waals surface area (Å²) in [6.45, 7) is 2.69. The molecular formula is C10H16FNS. The van der Waals surface area contributed by atoms with E-state index in [1.54, 1.807) is 11.3 Å². The molecule has 0 aromatic carbocycles. The van der Waals surface area contributed by atoms with Crippen LogP contribution in [0, 0.1) is 0 Å². The standard InChI is InChI=1S/C10H16FNS/c1-2-9(12-7-4-6-11)10-5-3-8-13-10/h3,5,8-9,12H,2,4,6-7H2,1H3. The molecule has 0 aliphatic carbocycles. The molecule has 1 heterocycles. The molecule has 13 heavy (non-hydrogen) atoms. The molecule has 0 bridgehead atoms. The van der Waals surface area contributed by atoms with Crippen LogP contribution in [0.1, 0.15) is 30.7 Å². The largest absolute Gasteiger partial charge is 0.309 e. The first-order chi connectivity index (χ1) is 6.38. The molecule has 1 aromatic heterocycles. The van der Waals surface area contributed by atoms with Crippen molar-refractivity contribution >= 4 is 11.3 Å². The Bertz CT molecular complexity index is 211. The highest BCUT2D eigenvalue weighted by Gasteiger charge is 2.08. The SMILES string of the molecule is CCC(NCCCF)c1cccs1. The number of halogens is 1. The Labute approximate surface area is 83.0 Å². The van der Waals surface area contributed by atoms with Gasteiger partial charge >= 0.3 is 0 Å². The molecule has 0 radical (unpaired) electrons. The zero-order valence-electron chi connectivity index (χ0n) is 7.92. The summed E-state index contributed by atoms with van der Waals surface area (Å²) in [5.41, 5.74) is 0. The van der Waals surface area contributed by atoms with Crippen LogP contribution in [-0.4, -0.2) is 13.2 Å². The van der Waals surface area contributed by atoms with E-state index in [4.69, 9.17) is 0 Å². The molecule has 0 fully saturated rings. The molecule has 0 aliphatic rings. The molecule has 1 rings (SSSR count). The molecule has 0 amide bonds. The lowest BCUT2D eigenvalue weighted by atomic mass is 10.2. The minimum Gasteiger partial charge on any atom is -0.309 e. The van der Waals surface area contributed by atoms with E-state index in [-0.39, 0.29) is 6.67 Å². The van der Waals surface area contributed by atoms with Gasteiger partial charge in [-0.2, -0.15) is 0 Å². The van der Waals surface area contributed by atoms with Crippen LogP contribution in [0.4, 0.5) is 4.39 Å². The number of hydrogen-bond donors (Lipinski definition) is 1. The Balaban J connectivity index is 2.35. The van der Waals surface area contributed by atoms with E-state index in [0.29, 0.717) is 12.5 Å². The second-order valence-corrected chi connectivity index (χ2v) is 3.95. The first kappa shape index (κ1) is 10.7. The lowest BCUT2D eigenvalue weighted by molar-refractivity contribution is 0.437. The van der Waals surface area contributed by atoms with Crippen molar-refractivity contribution < 1.29 is 4.39 Å². The van der Waals surface area contributed by atoms with Crippen molar-refractivity contribution in [3.63, 3.8) is 0 Å². The van der Waals surface area contributed by atoms with Crippen LogP contribution in [0.15, 0.2) is 17.5 Å². The van der Waals surface area contributed by atoms with Crippen molar-refractivity contribution in [2.24, 2.45) is 0 Å². The van der Waals surface area contributed by atoms with Gasteiger partial charge in [0.05, 0.1) is 6.67 Å². The predicted molar refractivity (Wildman–Crippen MR) is 55.9 cm³/mol. The van der Waals surface area contributed by atoms with Crippen LogP contribution in [0.25, 0.3) is 0 Å². The summed E-state index contributed by atoms with van der Waals surface area (Å²) in [4.78, 5) is 1.35. The molecule has 1 atom stereocenters. The lowest BCUT2D eigenvalue weighted by Crippen LogP contribution is -2.21. The molecule has 74 valence electrons. The minimum atomic E-state index is -0.228. The molecule has 1 unspecified atom stereocenters. The molecule has 0 saturated heterocycles. The first-order valence-corrected chi connectivity index (χ1v) is 5.59. The Morgan fingerprint density at radius 1 is 1.62 bits per heavy atom. The quantitative estimate of drug-likeness (QED) is 0.697. The molecule has 3 heteroatoms. The Morgan fingerprint density at radius 2 is 2.46 bits per heavy atom. The van der Waals surface area contributed by atoms with Gasteiger partial charge in [0.15, 0.2) is 0 Å². The average Bonchev–Trinajstić information content (AvgIpc) is 2.65. The number of nitrogens with one attached hydrogen (secondary N) is 1. The third-order valence-electron chi connectivity index (χ3n) is 2.00. The third kappa shape index (κ3) is 3.44. The van der Waals surface area contributed by atoms with Gasteiger partial charge in [-0.3, -0.25) is 4.39 Å². The maximum Gasteiger partial charge on any atom is 0.0906 e. The van der Waals surface area contributed by atoms with Crippen molar-refractivity contribution in [2.75, 3.05) is 13.2 Å². The lowest BCUT2D eigenvalue weighted by Gasteiger charge is -2.14. The summed E-state index contributed by atoms with van der Waals surface area (Å²) in [5, 5.41) is 5.42. The monoisotopic (exact) mass is 201 g/mol. The van der Waals surface area contributed by atoms with Crippen LogP contribution in [0.2, 0.25) is 0 Å². The fourth-order valence-corrected chi connectivity index (χ4v) is 2.16. The van der Waals surface area contributed by atoms with Crippen molar-refractivity contribution in [3.05, 3.63) is 22.4 Å². The second-order valence-electron chi connectivity index (χ2n) is 2.97. The van der Waals surface area contributed by atoms with Gasteiger partial charge in [-0.25, -0.2) is 0 Å². The topological polar surface area (TPSA) is 12.0 Å². The summed E-state index contributed by atoms with van der Waals surface area (Å²) in [6, 6.07) is 4.59. The minimum absolute atomic E-state index is 0.228. The molecule has 1 nitrogen and oxygen atoms in total. The summed E-state index contributed by atoms with van der Waals surface area (Å²) < 4.78 is 11.9. The Hall–Kier alpha value is -0.410. The van der Waals surface area contributed by atoms with E-state index < -0.39 is 0 Å². The highest BCUT2D eigenvalue weighted by molar-refractivity contribution is 7.10. The zero-order chi connectivity index (χ0) is 9.52. The molecule has 1 N–H and O–H groups in total. The highest BCUT2D eigenvalue weighted by Crippen LogP contribution is 2.21. The van der Waals surface area contributed by atoms with Gasteiger partial charge in [0.25, 0.3) is 0 Å². The van der Waals surface area contributed by atoms with Gasteiger partial charge in [-0.15, -0.1) is 11.3 Å². The molecule has 0 spiro atoms. The summed E-state index contributed by atoms with van der Waals surface area (Å²) >= 11 is 1.76. The molecule has 1 aromatic rings. The van der Waals surface area contributed by atoms with Crippen LogP contribution in [0.5, 0.6) is 0 Å². The van der Waals surface area contributed by atoms with Crippen molar-refractivity contribution in [1.82, 2.24) is 5.32 Å². The van der Waals surface area contributed by atoms with Gasteiger partial charge in [0.1, 0.15) is 0 Å². The van der Waals surface area contributed by atoms with E-state index in [1.807, 2.05) is 0 Å². The van der Waals surface area contributed by atoms with Gasteiger partial charge in [-0.05, 0) is 30.8 Å². The number of thiophene rings is 1. The summed E-state index contributed by atoms with van der Waals surface area (Å²) in [7, 11) is 0. The zero-order valence-corrected chi connectivity index (χ0v) is 8.74. The molecular weight excluding hydrogens is 185 g/mol. The fourth-order valence-electron chi connectivity index (χ4n) is 1.28. The van der Waals surface area contributed by atoms with Crippen LogP contribution in [-0.2, 0) is 0 Å². The average molecular weight is 201 g/mol. The highest BCUT2D eigenvalue weighted by atomic mass is 32.1. The van der Waals surface area contributed by atoms with Gasteiger partial charge in [-0.1, -0.05) is 13.0 Å². The smallest absolute Gasteiger partial charge is 0.0906 e. The normalized spacial score (nSPS) is 13.1. The van der Waals surface area contributed by atoms with Gasteiger partial charge in [0, 0.05) is 10.9 Å². The Kier molecular flexibility index (Phi) is 5.01. The fraction of sp³-hybridized carbons (Fsp3) is 0.600. The van der Waals surface area contributed by atoms with E-state index in [0.717, 1.165) is 13.0 Å². The van der Waals surface area contributed by atoms with Gasteiger partial charge < -0.3 is 5.32 Å². The van der Waals surface area contributed by atoms with Crippen LogP contribution < -0.4 is 5.32 Å². The van der Waals surface area contributed by atoms with Crippen molar-refractivity contribution in [1.29, 1.82) is 0 Å². The Morgan fingerprint density at radius 3 is 3.00 bits per heavy atom. The van der Waals surface area contributed by atoms with E-state index >= 15 is 0 Å².